The molecule has 258 valence electrons. The predicted molar refractivity (Wildman–Crippen MR) is 215 cm³/mol. The number of fused-ring (bicyclic) bond motifs is 10. The van der Waals surface area contributed by atoms with E-state index >= 15 is 0 Å². The number of hydrogen-bond donors (Lipinski definition) is 0. The molecular formula is C47H29N5OPt. The molecule has 7 heteroatoms. The summed E-state index contributed by atoms with van der Waals surface area (Å²) in [6.07, 6.45) is 5.61. The average Bonchev–Trinajstić information content (AvgIpc) is 3.92. The Hall–Kier alpha value is -6.49. The second-order valence-corrected chi connectivity index (χ2v) is 13.4. The molecule has 4 heterocycles. The van der Waals surface area contributed by atoms with Gasteiger partial charge < -0.3 is 18.5 Å². The van der Waals surface area contributed by atoms with Crippen LogP contribution in [0.2, 0.25) is 0 Å². The summed E-state index contributed by atoms with van der Waals surface area (Å²) < 4.78 is 11.2. The molecule has 54 heavy (non-hydrogen) atoms. The monoisotopic (exact) mass is 874 g/mol. The summed E-state index contributed by atoms with van der Waals surface area (Å²) in [5, 5.41) is 9.01. The van der Waals surface area contributed by atoms with E-state index in [0.29, 0.717) is 0 Å². The van der Waals surface area contributed by atoms with E-state index < -0.39 is 0 Å². The normalized spacial score (nSPS) is 11.6. The zero-order chi connectivity index (χ0) is 35.0. The van der Waals surface area contributed by atoms with Crippen molar-refractivity contribution in [2.75, 3.05) is 4.90 Å². The summed E-state index contributed by atoms with van der Waals surface area (Å²) in [5.41, 5.74) is 7.10. The van der Waals surface area contributed by atoms with Gasteiger partial charge in [-0.1, -0.05) is 90.1 Å². The van der Waals surface area contributed by atoms with Crippen molar-refractivity contribution in [2.24, 2.45) is 7.05 Å². The molecule has 0 bridgehead atoms. The SMILES string of the molecule is Cn1ccnc1-c1[c-]c(N(c2[c-]c3c(cc2)c2ccccc2n3-c2ccccn2)c2cc3ccccc3c3c2oc2ccc4ccccc4c23)ccc1.[Pt+2]. The van der Waals surface area contributed by atoms with Crippen LogP contribution in [0.1, 0.15) is 0 Å². The first-order valence-electron chi connectivity index (χ1n) is 17.6. The number of furan rings is 1. The van der Waals surface area contributed by atoms with Crippen molar-refractivity contribution in [1.82, 2.24) is 19.1 Å². The molecule has 4 aromatic heterocycles. The van der Waals surface area contributed by atoms with Crippen LogP contribution in [-0.4, -0.2) is 19.1 Å². The largest absolute Gasteiger partial charge is 2.00 e. The van der Waals surface area contributed by atoms with E-state index in [1.165, 1.54) is 5.39 Å². The van der Waals surface area contributed by atoms with E-state index in [0.717, 1.165) is 94.2 Å². The number of anilines is 3. The number of aromatic nitrogens is 4. The summed E-state index contributed by atoms with van der Waals surface area (Å²) in [7, 11) is 2.00. The van der Waals surface area contributed by atoms with Crippen LogP contribution in [-0.2, 0) is 28.1 Å². The van der Waals surface area contributed by atoms with Crippen LogP contribution in [0.5, 0.6) is 0 Å². The summed E-state index contributed by atoms with van der Waals surface area (Å²) in [4.78, 5) is 11.7. The third kappa shape index (κ3) is 4.84. The molecule has 0 saturated heterocycles. The van der Waals surface area contributed by atoms with E-state index in [4.69, 9.17) is 9.40 Å². The summed E-state index contributed by atoms with van der Waals surface area (Å²) in [6, 6.07) is 56.2. The quantitative estimate of drug-likeness (QED) is 0.162. The molecule has 11 rings (SSSR count). The van der Waals surface area contributed by atoms with Gasteiger partial charge in [0, 0.05) is 41.9 Å². The molecule has 0 amide bonds. The minimum Gasteiger partial charge on any atom is -0.454 e. The van der Waals surface area contributed by atoms with Crippen LogP contribution in [0.4, 0.5) is 17.1 Å². The molecule has 7 aromatic carbocycles. The van der Waals surface area contributed by atoms with Gasteiger partial charge in [-0.2, -0.15) is 6.07 Å². The number of hydrogen-bond acceptors (Lipinski definition) is 4. The number of nitrogens with zero attached hydrogens (tertiary/aromatic N) is 5. The van der Waals surface area contributed by atoms with Gasteiger partial charge in [0.1, 0.15) is 11.4 Å². The smallest absolute Gasteiger partial charge is 0.454 e. The van der Waals surface area contributed by atoms with Gasteiger partial charge in [-0.25, -0.2) is 4.98 Å². The zero-order valence-electron chi connectivity index (χ0n) is 29.0. The first-order valence-corrected chi connectivity index (χ1v) is 17.6. The Kier molecular flexibility index (Phi) is 7.50. The maximum atomic E-state index is 6.97. The number of benzene rings is 7. The molecule has 11 aromatic rings. The van der Waals surface area contributed by atoms with Crippen LogP contribution in [0.3, 0.4) is 0 Å². The van der Waals surface area contributed by atoms with Gasteiger partial charge in [0.15, 0.2) is 5.58 Å². The summed E-state index contributed by atoms with van der Waals surface area (Å²) in [5.74, 6) is 1.67. The molecule has 0 fully saturated rings. The van der Waals surface area contributed by atoms with Crippen molar-refractivity contribution in [3.05, 3.63) is 170 Å². The molecule has 0 aliphatic rings. The molecule has 0 atom stereocenters. The second kappa shape index (κ2) is 12.6. The van der Waals surface area contributed by atoms with Gasteiger partial charge in [-0.05, 0) is 63.0 Å². The van der Waals surface area contributed by atoms with Crippen molar-refractivity contribution >= 4 is 82.4 Å². The minimum atomic E-state index is 0. The molecule has 0 aliphatic carbocycles. The molecule has 0 unspecified atom stereocenters. The van der Waals surface area contributed by atoms with E-state index in [1.807, 2.05) is 48.4 Å². The Bertz CT molecular complexity index is 3210. The Labute approximate surface area is 324 Å². The minimum absolute atomic E-state index is 0. The van der Waals surface area contributed by atoms with Gasteiger partial charge in [0.25, 0.3) is 0 Å². The predicted octanol–water partition coefficient (Wildman–Crippen LogP) is 11.9. The molecule has 0 radical (unpaired) electrons. The summed E-state index contributed by atoms with van der Waals surface area (Å²) in [6.45, 7) is 0. The Morgan fingerprint density at radius 2 is 1.37 bits per heavy atom. The second-order valence-electron chi connectivity index (χ2n) is 13.4. The van der Waals surface area contributed by atoms with Crippen LogP contribution in [0.25, 0.3) is 82.5 Å². The fourth-order valence-electron chi connectivity index (χ4n) is 8.00. The zero-order valence-corrected chi connectivity index (χ0v) is 31.2. The average molecular weight is 875 g/mol. The van der Waals surface area contributed by atoms with E-state index in [-0.39, 0.29) is 21.1 Å². The van der Waals surface area contributed by atoms with Crippen molar-refractivity contribution < 1.29 is 25.5 Å². The number of pyridine rings is 1. The van der Waals surface area contributed by atoms with Crippen molar-refractivity contribution in [2.45, 2.75) is 0 Å². The van der Waals surface area contributed by atoms with Crippen molar-refractivity contribution in [3.63, 3.8) is 0 Å². The molecule has 0 saturated carbocycles. The van der Waals surface area contributed by atoms with Crippen LogP contribution < -0.4 is 4.90 Å². The topological polar surface area (TPSA) is 52.0 Å². The van der Waals surface area contributed by atoms with Gasteiger partial charge in [-0.3, -0.25) is 4.98 Å². The van der Waals surface area contributed by atoms with Gasteiger partial charge in [0.05, 0.1) is 11.5 Å². The van der Waals surface area contributed by atoms with E-state index in [9.17, 15) is 0 Å². The fraction of sp³-hybridized carbons (Fsp3) is 0.0213. The standard InChI is InChI=1S/C47H29N5O.Pt/c1-50-26-25-49-47(50)32-13-10-14-33(27-32)51(34-21-22-38-37-17-6-7-18-39(37)52(40(38)29-34)43-19-8-9-24-48-43)41-28-31-12-3-5-16-36(31)45-44-35-15-4-2-11-30(35)20-23-42(44)53-46(41)45;/h2-26,28H,1H3;/q-2;+2. The fourth-order valence-corrected chi connectivity index (χ4v) is 8.00. The van der Waals surface area contributed by atoms with E-state index in [1.54, 1.807) is 0 Å². The van der Waals surface area contributed by atoms with Crippen LogP contribution in [0, 0.1) is 12.1 Å². The van der Waals surface area contributed by atoms with E-state index in [2.05, 4.69) is 148 Å². The molecule has 6 nitrogen and oxygen atoms in total. The third-order valence-corrected chi connectivity index (χ3v) is 10.3. The van der Waals surface area contributed by atoms with Gasteiger partial charge in [-0.15, -0.1) is 47.3 Å². The van der Waals surface area contributed by atoms with Gasteiger partial charge >= 0.3 is 21.1 Å². The maximum Gasteiger partial charge on any atom is 2.00 e. The molecular weight excluding hydrogens is 846 g/mol. The molecule has 0 aliphatic heterocycles. The number of rotatable bonds is 5. The van der Waals surface area contributed by atoms with Crippen molar-refractivity contribution in [1.29, 1.82) is 0 Å². The summed E-state index contributed by atoms with van der Waals surface area (Å²) >= 11 is 0. The Balaban J connectivity index is 0.00000361. The van der Waals surface area contributed by atoms with Crippen LogP contribution in [0.15, 0.2) is 163 Å². The van der Waals surface area contributed by atoms with Crippen molar-refractivity contribution in [3.8, 4) is 17.2 Å². The Morgan fingerprint density at radius 1 is 0.611 bits per heavy atom. The maximum absolute atomic E-state index is 6.97. The molecule has 0 N–H and O–H groups in total. The molecule has 0 spiro atoms. The number of imidazole rings is 1. The number of para-hydroxylation sites is 1. The first-order chi connectivity index (χ1) is 26.2. The Morgan fingerprint density at radius 3 is 2.19 bits per heavy atom. The third-order valence-electron chi connectivity index (χ3n) is 10.3. The first kappa shape index (κ1) is 32.2. The van der Waals surface area contributed by atoms with Crippen LogP contribution >= 0.6 is 0 Å². The van der Waals surface area contributed by atoms with Gasteiger partial charge in [0.2, 0.25) is 0 Å². The number of aryl methyl sites for hydroxylation is 1.